The Kier molecular flexibility index (Phi) is 4.90. The van der Waals surface area contributed by atoms with Crippen LogP contribution in [-0.4, -0.2) is 30.0 Å². The monoisotopic (exact) mass is 355 g/mol. The number of benzene rings is 1. The van der Waals surface area contributed by atoms with Crippen molar-refractivity contribution >= 4 is 16.8 Å². The summed E-state index contributed by atoms with van der Waals surface area (Å²) in [5, 5.41) is 7.37. The molecule has 0 bridgehead atoms. The Morgan fingerprint density at radius 3 is 2.81 bits per heavy atom. The summed E-state index contributed by atoms with van der Waals surface area (Å²) in [4.78, 5) is 17.1. The van der Waals surface area contributed by atoms with Crippen LogP contribution in [0.25, 0.3) is 10.9 Å². The first-order chi connectivity index (χ1) is 12.7. The van der Waals surface area contributed by atoms with Crippen molar-refractivity contribution in [2.45, 2.75) is 57.7 Å². The van der Waals surface area contributed by atoms with Gasteiger partial charge in [-0.05, 0) is 68.3 Å². The lowest BCUT2D eigenvalue weighted by Crippen LogP contribution is -2.43. The fourth-order valence-corrected chi connectivity index (χ4v) is 3.86. The van der Waals surface area contributed by atoms with E-state index in [1.165, 1.54) is 31.2 Å². The highest BCUT2D eigenvalue weighted by molar-refractivity contribution is 5.96. The fourth-order valence-electron chi connectivity index (χ4n) is 3.86. The van der Waals surface area contributed by atoms with Gasteiger partial charge < -0.3 is 10.6 Å². The minimum Gasteiger partial charge on any atom is -0.349 e. The van der Waals surface area contributed by atoms with Crippen molar-refractivity contribution in [2.75, 3.05) is 13.1 Å². The van der Waals surface area contributed by atoms with E-state index in [2.05, 4.69) is 21.7 Å². The molecule has 1 aliphatic heterocycles. The second-order valence-electron chi connectivity index (χ2n) is 7.67. The summed E-state index contributed by atoms with van der Waals surface area (Å²) in [6.07, 6.45) is 5.84. The second-order valence-corrected chi connectivity index (χ2v) is 7.67. The average molecular weight is 355 g/mol. The molecule has 1 amide bonds. The Bertz CT molecular complexity index is 826. The van der Waals surface area contributed by atoms with Gasteiger partial charge in [0.25, 0.3) is 5.91 Å². The molecule has 138 valence electrons. The van der Waals surface area contributed by atoms with Crippen molar-refractivity contribution in [2.24, 2.45) is 0 Å². The van der Waals surface area contributed by atoms with Crippen molar-refractivity contribution in [1.82, 2.24) is 15.6 Å². The number of aryl methyl sites for hydroxylation is 1. The fraction of sp³-hybridized carbons (Fsp3) is 0.524. The van der Waals surface area contributed by atoms with Crippen LogP contribution in [0.2, 0.25) is 0 Å². The molecule has 2 aromatic rings. The van der Waals surface area contributed by atoms with Gasteiger partial charge in [-0.2, -0.15) is 0 Å². The molecule has 0 spiro atoms. The van der Waals surface area contributed by atoms with Gasteiger partial charge in [-0.15, -0.1) is 0 Å². The van der Waals surface area contributed by atoms with E-state index in [0.29, 0.717) is 35.3 Å². The highest BCUT2D eigenvalue weighted by Crippen LogP contribution is 2.42. The summed E-state index contributed by atoms with van der Waals surface area (Å²) in [6, 6.07) is 6.21. The maximum atomic E-state index is 13.6. The quantitative estimate of drug-likeness (QED) is 0.859. The van der Waals surface area contributed by atoms with Crippen molar-refractivity contribution in [3.05, 3.63) is 40.6 Å². The molecule has 5 heteroatoms. The molecule has 4 rings (SSSR count). The molecule has 2 N–H and O–H groups in total. The van der Waals surface area contributed by atoms with Crippen LogP contribution in [0.1, 0.15) is 65.2 Å². The maximum Gasteiger partial charge on any atom is 0.269 e. The topological polar surface area (TPSA) is 54.0 Å². The third kappa shape index (κ3) is 3.58. The Morgan fingerprint density at radius 1 is 1.27 bits per heavy atom. The first kappa shape index (κ1) is 17.4. The first-order valence-electron chi connectivity index (χ1n) is 9.67. The number of amides is 1. The molecule has 2 heterocycles. The van der Waals surface area contributed by atoms with Crippen LogP contribution in [0.15, 0.2) is 18.2 Å². The van der Waals surface area contributed by atoms with E-state index in [-0.39, 0.29) is 5.91 Å². The van der Waals surface area contributed by atoms with Crippen LogP contribution in [0.3, 0.4) is 0 Å². The van der Waals surface area contributed by atoms with Gasteiger partial charge in [0.2, 0.25) is 0 Å². The van der Waals surface area contributed by atoms with Gasteiger partial charge in [0, 0.05) is 23.5 Å². The number of nitrogens with zero attached hydrogens (tertiary/aromatic N) is 1. The molecule has 1 unspecified atom stereocenters. The number of piperidine rings is 1. The smallest absolute Gasteiger partial charge is 0.269 e. The van der Waals surface area contributed by atoms with Gasteiger partial charge in [0.05, 0.1) is 5.52 Å². The lowest BCUT2D eigenvalue weighted by Gasteiger charge is -2.23. The Morgan fingerprint density at radius 2 is 2.12 bits per heavy atom. The van der Waals surface area contributed by atoms with E-state index in [4.69, 9.17) is 0 Å². The van der Waals surface area contributed by atoms with Crippen molar-refractivity contribution < 1.29 is 9.18 Å². The molecule has 1 aromatic carbocycles. The molecule has 1 saturated carbocycles. The highest BCUT2D eigenvalue weighted by Gasteiger charge is 2.25. The zero-order valence-electron chi connectivity index (χ0n) is 15.3. The number of fused-ring (bicyclic) bond motifs is 1. The molecule has 1 aromatic heterocycles. The number of alkyl halides is 1. The van der Waals surface area contributed by atoms with Gasteiger partial charge in [-0.25, -0.2) is 9.37 Å². The van der Waals surface area contributed by atoms with E-state index in [0.717, 1.165) is 23.9 Å². The molecule has 4 nitrogen and oxygen atoms in total. The van der Waals surface area contributed by atoms with E-state index < -0.39 is 6.67 Å². The van der Waals surface area contributed by atoms with Gasteiger partial charge in [-0.1, -0.05) is 12.5 Å². The first-order valence-corrected chi connectivity index (χ1v) is 9.67. The minimum absolute atomic E-state index is 0.182. The highest BCUT2D eigenvalue weighted by atomic mass is 19.1. The van der Waals surface area contributed by atoms with E-state index in [9.17, 15) is 9.18 Å². The molecular weight excluding hydrogens is 329 g/mol. The summed E-state index contributed by atoms with van der Waals surface area (Å²) in [5.41, 5.74) is 3.78. The van der Waals surface area contributed by atoms with E-state index in [1.807, 2.05) is 19.1 Å². The van der Waals surface area contributed by atoms with Crippen molar-refractivity contribution in [3.8, 4) is 0 Å². The van der Waals surface area contributed by atoms with Crippen LogP contribution in [0, 0.1) is 6.92 Å². The largest absolute Gasteiger partial charge is 0.349 e. The number of halogens is 1. The summed E-state index contributed by atoms with van der Waals surface area (Å²) in [7, 11) is 0. The number of rotatable bonds is 5. The standard InChI is InChI=1S/C21H26FN3O/c1-13-8-19(21(26)24-12-17-4-2-3-7-23-17)25-20-16(11-22)9-15(10-18(13)20)14-5-6-14/h8-10,14,17,23H,2-7,11-12H2,1H3,(H,24,26). The summed E-state index contributed by atoms with van der Waals surface area (Å²) < 4.78 is 13.6. The van der Waals surface area contributed by atoms with Gasteiger partial charge in [0.15, 0.2) is 0 Å². The van der Waals surface area contributed by atoms with E-state index >= 15 is 0 Å². The molecular formula is C21H26FN3O. The lowest BCUT2D eigenvalue weighted by molar-refractivity contribution is 0.0943. The number of pyridine rings is 1. The van der Waals surface area contributed by atoms with Crippen LogP contribution >= 0.6 is 0 Å². The second kappa shape index (κ2) is 7.31. The number of hydrogen-bond acceptors (Lipinski definition) is 3. The Balaban J connectivity index is 1.59. The number of hydrogen-bond donors (Lipinski definition) is 2. The molecule has 2 fully saturated rings. The molecule has 1 saturated heterocycles. The molecule has 0 radical (unpaired) electrons. The zero-order chi connectivity index (χ0) is 18.1. The number of nitrogens with one attached hydrogen (secondary N) is 2. The number of carbonyl (C=O) groups excluding carboxylic acids is 1. The van der Waals surface area contributed by atoms with Crippen LogP contribution in [0.5, 0.6) is 0 Å². The summed E-state index contributed by atoms with van der Waals surface area (Å²) in [5.74, 6) is 0.383. The minimum atomic E-state index is -0.555. The predicted octanol–water partition coefficient (Wildman–Crippen LogP) is 3.76. The summed E-state index contributed by atoms with van der Waals surface area (Å²) >= 11 is 0. The van der Waals surface area contributed by atoms with Crippen LogP contribution in [0.4, 0.5) is 4.39 Å². The SMILES string of the molecule is Cc1cc(C(=O)NCC2CCCCN2)nc2c(CF)cc(C3CC3)cc12. The van der Waals surface area contributed by atoms with Crippen molar-refractivity contribution in [1.29, 1.82) is 0 Å². The Labute approximate surface area is 153 Å². The number of carbonyl (C=O) groups is 1. The van der Waals surface area contributed by atoms with Gasteiger partial charge in [-0.3, -0.25) is 4.79 Å². The number of aromatic nitrogens is 1. The van der Waals surface area contributed by atoms with Crippen LogP contribution in [-0.2, 0) is 6.67 Å². The maximum absolute atomic E-state index is 13.6. The van der Waals surface area contributed by atoms with E-state index in [1.54, 1.807) is 0 Å². The average Bonchev–Trinajstić information content (AvgIpc) is 3.51. The molecule has 1 aliphatic carbocycles. The molecule has 1 atom stereocenters. The lowest BCUT2D eigenvalue weighted by atomic mass is 9.99. The van der Waals surface area contributed by atoms with Crippen LogP contribution < -0.4 is 10.6 Å². The van der Waals surface area contributed by atoms with Gasteiger partial charge >= 0.3 is 0 Å². The molecule has 26 heavy (non-hydrogen) atoms. The Hall–Kier alpha value is -2.01. The normalized spacial score (nSPS) is 20.3. The molecule has 2 aliphatic rings. The summed E-state index contributed by atoms with van der Waals surface area (Å²) in [6.45, 7) is 3.04. The third-order valence-corrected chi connectivity index (χ3v) is 5.57. The third-order valence-electron chi connectivity index (χ3n) is 5.57. The van der Waals surface area contributed by atoms with Gasteiger partial charge in [0.1, 0.15) is 12.4 Å². The zero-order valence-corrected chi connectivity index (χ0v) is 15.3. The van der Waals surface area contributed by atoms with Crippen molar-refractivity contribution in [3.63, 3.8) is 0 Å². The predicted molar refractivity (Wildman–Crippen MR) is 101 cm³/mol.